The van der Waals surface area contributed by atoms with Gasteiger partial charge in [0.25, 0.3) is 0 Å². The highest BCUT2D eigenvalue weighted by molar-refractivity contribution is 5.40. The molecule has 0 atom stereocenters. The summed E-state index contributed by atoms with van der Waals surface area (Å²) in [6.07, 6.45) is 1.66. The molecular formula is C6H6N6. The first-order valence-electron chi connectivity index (χ1n) is 3.40. The van der Waals surface area contributed by atoms with Gasteiger partial charge in [0.05, 0.1) is 0 Å². The lowest BCUT2D eigenvalue weighted by molar-refractivity contribution is 0.881. The predicted molar refractivity (Wildman–Crippen MR) is 39.9 cm³/mol. The Balaban J connectivity index is 2.48. The Kier molecular flexibility index (Phi) is 1.51. The van der Waals surface area contributed by atoms with Crippen LogP contribution in [-0.4, -0.2) is 30.6 Å². The lowest BCUT2D eigenvalue weighted by atomic mass is 10.4. The number of aryl methyl sites for hydroxylation is 1. The molecule has 0 aromatic carbocycles. The van der Waals surface area contributed by atoms with E-state index in [0.717, 1.165) is 5.69 Å². The SMILES string of the molecule is Cc1ccnc(-c2nn[nH]n2)n1. The molecule has 0 unspecified atom stereocenters. The smallest absolute Gasteiger partial charge is 0.234 e. The molecule has 0 saturated heterocycles. The van der Waals surface area contributed by atoms with Crippen molar-refractivity contribution in [3.63, 3.8) is 0 Å². The maximum Gasteiger partial charge on any atom is 0.241 e. The Hall–Kier alpha value is -1.85. The minimum atomic E-state index is 0.415. The van der Waals surface area contributed by atoms with Crippen molar-refractivity contribution < 1.29 is 0 Å². The van der Waals surface area contributed by atoms with E-state index in [1.807, 2.05) is 13.0 Å². The first-order chi connectivity index (χ1) is 5.86. The fraction of sp³-hybridized carbons (Fsp3) is 0.167. The van der Waals surface area contributed by atoms with Gasteiger partial charge in [-0.25, -0.2) is 9.97 Å². The molecule has 6 heteroatoms. The predicted octanol–water partition coefficient (Wildman–Crippen LogP) is -0.0349. The van der Waals surface area contributed by atoms with Crippen LogP contribution in [-0.2, 0) is 0 Å². The third kappa shape index (κ3) is 1.14. The van der Waals surface area contributed by atoms with Gasteiger partial charge < -0.3 is 0 Å². The van der Waals surface area contributed by atoms with Gasteiger partial charge in [-0.15, -0.1) is 10.2 Å². The minimum Gasteiger partial charge on any atom is -0.234 e. The van der Waals surface area contributed by atoms with Gasteiger partial charge in [0.15, 0.2) is 0 Å². The van der Waals surface area contributed by atoms with Crippen LogP contribution in [0.15, 0.2) is 12.3 Å². The normalized spacial score (nSPS) is 10.1. The fourth-order valence-electron chi connectivity index (χ4n) is 0.813. The Morgan fingerprint density at radius 2 is 2.25 bits per heavy atom. The summed E-state index contributed by atoms with van der Waals surface area (Å²) >= 11 is 0. The number of H-pyrrole nitrogens is 1. The van der Waals surface area contributed by atoms with Crippen LogP contribution in [0.25, 0.3) is 11.6 Å². The zero-order valence-electron chi connectivity index (χ0n) is 6.39. The number of hydrogen-bond donors (Lipinski definition) is 1. The minimum absolute atomic E-state index is 0.415. The van der Waals surface area contributed by atoms with Crippen LogP contribution in [0.4, 0.5) is 0 Å². The third-order valence-corrected chi connectivity index (χ3v) is 1.34. The molecular weight excluding hydrogens is 156 g/mol. The molecule has 2 aromatic rings. The molecule has 60 valence electrons. The Morgan fingerprint density at radius 3 is 2.92 bits per heavy atom. The van der Waals surface area contributed by atoms with Gasteiger partial charge in [-0.1, -0.05) is 0 Å². The number of aromatic nitrogens is 6. The molecule has 1 N–H and O–H groups in total. The second kappa shape index (κ2) is 2.65. The van der Waals surface area contributed by atoms with Crippen LogP contribution < -0.4 is 0 Å². The summed E-state index contributed by atoms with van der Waals surface area (Å²) < 4.78 is 0. The number of nitrogens with one attached hydrogen (secondary N) is 1. The van der Waals surface area contributed by atoms with Crippen LogP contribution in [0.3, 0.4) is 0 Å². The maximum atomic E-state index is 4.12. The molecule has 0 bridgehead atoms. The first kappa shape index (κ1) is 6.84. The first-order valence-corrected chi connectivity index (χ1v) is 3.40. The van der Waals surface area contributed by atoms with Crippen molar-refractivity contribution in [3.05, 3.63) is 18.0 Å². The molecule has 0 saturated carbocycles. The second-order valence-electron chi connectivity index (χ2n) is 2.26. The van der Waals surface area contributed by atoms with Gasteiger partial charge in [-0.2, -0.15) is 5.21 Å². The van der Waals surface area contributed by atoms with Gasteiger partial charge in [-0.05, 0) is 18.2 Å². The Morgan fingerprint density at radius 1 is 1.33 bits per heavy atom. The zero-order valence-corrected chi connectivity index (χ0v) is 6.39. The molecule has 0 radical (unpaired) electrons. The molecule has 2 aromatic heterocycles. The van der Waals surface area contributed by atoms with E-state index in [-0.39, 0.29) is 0 Å². The number of nitrogens with zero attached hydrogens (tertiary/aromatic N) is 5. The Bertz CT molecular complexity index is 367. The van der Waals surface area contributed by atoms with Gasteiger partial charge >= 0.3 is 0 Å². The van der Waals surface area contributed by atoms with E-state index in [0.29, 0.717) is 11.6 Å². The topological polar surface area (TPSA) is 80.2 Å². The average Bonchev–Trinajstić information content (AvgIpc) is 2.56. The molecule has 0 fully saturated rings. The molecule has 6 nitrogen and oxygen atoms in total. The van der Waals surface area contributed by atoms with E-state index in [2.05, 4.69) is 30.6 Å². The Labute approximate surface area is 68.1 Å². The summed E-state index contributed by atoms with van der Waals surface area (Å²) in [6.45, 7) is 1.88. The van der Waals surface area contributed by atoms with Crippen molar-refractivity contribution in [1.82, 2.24) is 30.6 Å². The van der Waals surface area contributed by atoms with E-state index in [4.69, 9.17) is 0 Å². The zero-order chi connectivity index (χ0) is 8.39. The van der Waals surface area contributed by atoms with E-state index in [9.17, 15) is 0 Å². The number of aromatic amines is 1. The lowest BCUT2D eigenvalue weighted by Gasteiger charge is -1.92. The number of hydrogen-bond acceptors (Lipinski definition) is 5. The van der Waals surface area contributed by atoms with Crippen molar-refractivity contribution in [1.29, 1.82) is 0 Å². The van der Waals surface area contributed by atoms with E-state index in [1.165, 1.54) is 0 Å². The van der Waals surface area contributed by atoms with Gasteiger partial charge in [0, 0.05) is 11.9 Å². The molecule has 0 aliphatic heterocycles. The summed E-state index contributed by atoms with van der Waals surface area (Å²) in [5.74, 6) is 0.905. The molecule has 0 spiro atoms. The van der Waals surface area contributed by atoms with Crippen LogP contribution in [0, 0.1) is 6.92 Å². The lowest BCUT2D eigenvalue weighted by Crippen LogP contribution is -1.91. The maximum absolute atomic E-state index is 4.12. The molecule has 12 heavy (non-hydrogen) atoms. The second-order valence-corrected chi connectivity index (χ2v) is 2.26. The summed E-state index contributed by atoms with van der Waals surface area (Å²) in [4.78, 5) is 8.11. The van der Waals surface area contributed by atoms with Crippen molar-refractivity contribution in [2.45, 2.75) is 6.92 Å². The van der Waals surface area contributed by atoms with Crippen LogP contribution in [0.1, 0.15) is 5.69 Å². The summed E-state index contributed by atoms with van der Waals surface area (Å²) in [5.41, 5.74) is 0.879. The van der Waals surface area contributed by atoms with Crippen LogP contribution >= 0.6 is 0 Å². The molecule has 2 heterocycles. The highest BCUT2D eigenvalue weighted by Gasteiger charge is 2.04. The summed E-state index contributed by atoms with van der Waals surface area (Å²) in [7, 11) is 0. The molecule has 2 rings (SSSR count). The van der Waals surface area contributed by atoms with Crippen molar-refractivity contribution in [3.8, 4) is 11.6 Å². The highest BCUT2D eigenvalue weighted by Crippen LogP contribution is 2.04. The molecule has 0 aliphatic carbocycles. The molecule has 0 amide bonds. The van der Waals surface area contributed by atoms with Crippen LogP contribution in [0.5, 0.6) is 0 Å². The van der Waals surface area contributed by atoms with Gasteiger partial charge in [-0.3, -0.25) is 0 Å². The number of tetrazole rings is 1. The van der Waals surface area contributed by atoms with Gasteiger partial charge in [0.1, 0.15) is 0 Å². The van der Waals surface area contributed by atoms with Crippen molar-refractivity contribution in [2.75, 3.05) is 0 Å². The van der Waals surface area contributed by atoms with E-state index >= 15 is 0 Å². The van der Waals surface area contributed by atoms with Crippen molar-refractivity contribution in [2.24, 2.45) is 0 Å². The third-order valence-electron chi connectivity index (χ3n) is 1.34. The average molecular weight is 162 g/mol. The van der Waals surface area contributed by atoms with E-state index in [1.54, 1.807) is 6.20 Å². The monoisotopic (exact) mass is 162 g/mol. The van der Waals surface area contributed by atoms with Crippen molar-refractivity contribution >= 4 is 0 Å². The quantitative estimate of drug-likeness (QED) is 0.636. The summed E-state index contributed by atoms with van der Waals surface area (Å²) in [6, 6.07) is 1.81. The highest BCUT2D eigenvalue weighted by atomic mass is 15.5. The fourth-order valence-corrected chi connectivity index (χ4v) is 0.813. The van der Waals surface area contributed by atoms with E-state index < -0.39 is 0 Å². The van der Waals surface area contributed by atoms with Gasteiger partial charge in [0.2, 0.25) is 11.6 Å². The van der Waals surface area contributed by atoms with Crippen LogP contribution in [0.2, 0.25) is 0 Å². The number of rotatable bonds is 1. The largest absolute Gasteiger partial charge is 0.241 e. The standard InChI is InChI=1S/C6H6N6/c1-4-2-3-7-5(8-4)6-9-11-12-10-6/h2-3H,1H3,(H,9,10,11,12). The summed E-state index contributed by atoms with van der Waals surface area (Å²) in [5, 5.41) is 13.3. The molecule has 0 aliphatic rings.